The van der Waals surface area contributed by atoms with E-state index in [4.69, 9.17) is 5.26 Å². The number of amides is 1. The van der Waals surface area contributed by atoms with Crippen LogP contribution < -0.4 is 5.32 Å². The fourth-order valence-corrected chi connectivity index (χ4v) is 1.90. The van der Waals surface area contributed by atoms with Crippen molar-refractivity contribution in [2.75, 3.05) is 5.32 Å². The highest BCUT2D eigenvalue weighted by molar-refractivity contribution is 6.09. The highest BCUT2D eigenvalue weighted by Gasteiger charge is 2.12. The minimum Gasteiger partial charge on any atom is -0.321 e. The number of nitro groups is 2. The summed E-state index contributed by atoms with van der Waals surface area (Å²) in [5.74, 6) is -0.749. The largest absolute Gasteiger partial charge is 0.321 e. The lowest BCUT2D eigenvalue weighted by Crippen LogP contribution is -2.13. The van der Waals surface area contributed by atoms with Gasteiger partial charge in [0, 0.05) is 30.0 Å². The Hall–Kier alpha value is -4.06. The third-order valence-corrected chi connectivity index (χ3v) is 3.09. The molecule has 2 aromatic carbocycles. The monoisotopic (exact) mass is 338 g/mol. The predicted octanol–water partition coefficient (Wildman–Crippen LogP) is 3.05. The normalized spacial score (nSPS) is 10.6. The van der Waals surface area contributed by atoms with Crippen LogP contribution in [0.1, 0.15) is 5.56 Å². The van der Waals surface area contributed by atoms with Crippen LogP contribution in [0.4, 0.5) is 17.1 Å². The molecule has 0 saturated heterocycles. The third kappa shape index (κ3) is 4.46. The van der Waals surface area contributed by atoms with Crippen molar-refractivity contribution in [3.8, 4) is 6.07 Å². The van der Waals surface area contributed by atoms with Gasteiger partial charge in [0.15, 0.2) is 0 Å². The number of nitro benzene ring substituents is 2. The molecule has 9 nitrogen and oxygen atoms in total. The lowest BCUT2D eigenvalue weighted by molar-refractivity contribution is -0.385. The highest BCUT2D eigenvalue weighted by Crippen LogP contribution is 2.19. The Morgan fingerprint density at radius 1 is 1.04 bits per heavy atom. The molecule has 0 spiro atoms. The zero-order chi connectivity index (χ0) is 18.4. The van der Waals surface area contributed by atoms with Gasteiger partial charge in [-0.05, 0) is 29.8 Å². The molecule has 0 aliphatic rings. The Labute approximate surface area is 141 Å². The number of anilines is 1. The van der Waals surface area contributed by atoms with Crippen LogP contribution in [0, 0.1) is 31.6 Å². The topological polar surface area (TPSA) is 139 Å². The van der Waals surface area contributed by atoms with Crippen molar-refractivity contribution >= 4 is 29.0 Å². The van der Waals surface area contributed by atoms with Crippen LogP contribution in [0.2, 0.25) is 0 Å². The molecule has 9 heteroatoms. The lowest BCUT2D eigenvalue weighted by Gasteiger charge is -2.04. The van der Waals surface area contributed by atoms with E-state index in [0.717, 1.165) is 0 Å². The first-order valence-corrected chi connectivity index (χ1v) is 6.83. The summed E-state index contributed by atoms with van der Waals surface area (Å²) in [6.45, 7) is 0. The van der Waals surface area contributed by atoms with E-state index in [2.05, 4.69) is 5.32 Å². The van der Waals surface area contributed by atoms with Gasteiger partial charge in [0.25, 0.3) is 17.3 Å². The van der Waals surface area contributed by atoms with Crippen molar-refractivity contribution in [2.24, 2.45) is 0 Å². The van der Waals surface area contributed by atoms with E-state index in [-0.39, 0.29) is 22.6 Å². The van der Waals surface area contributed by atoms with Gasteiger partial charge in [-0.15, -0.1) is 0 Å². The maximum absolute atomic E-state index is 12.1. The molecule has 0 aromatic heterocycles. The van der Waals surface area contributed by atoms with E-state index < -0.39 is 15.8 Å². The Balaban J connectivity index is 2.21. The summed E-state index contributed by atoms with van der Waals surface area (Å²) in [5, 5.41) is 32.9. The minimum absolute atomic E-state index is 0.114. The molecule has 0 heterocycles. The Kier molecular flexibility index (Phi) is 5.17. The predicted molar refractivity (Wildman–Crippen MR) is 88.4 cm³/mol. The van der Waals surface area contributed by atoms with Gasteiger partial charge in [-0.2, -0.15) is 5.26 Å². The molecule has 0 aliphatic heterocycles. The number of hydrogen-bond donors (Lipinski definition) is 1. The summed E-state index contributed by atoms with van der Waals surface area (Å²) in [5.41, 5.74) is 0.0353. The number of rotatable bonds is 5. The van der Waals surface area contributed by atoms with E-state index in [0.29, 0.717) is 5.56 Å². The van der Waals surface area contributed by atoms with Crippen molar-refractivity contribution in [1.29, 1.82) is 5.26 Å². The number of carbonyl (C=O) groups is 1. The zero-order valence-corrected chi connectivity index (χ0v) is 12.6. The number of nitrogens with zero attached hydrogens (tertiary/aromatic N) is 3. The van der Waals surface area contributed by atoms with E-state index >= 15 is 0 Å². The van der Waals surface area contributed by atoms with Crippen LogP contribution in [0.5, 0.6) is 0 Å². The molecule has 0 aliphatic carbocycles. The molecule has 0 unspecified atom stereocenters. The Morgan fingerprint density at radius 2 is 1.68 bits per heavy atom. The van der Waals surface area contributed by atoms with Gasteiger partial charge in [0.1, 0.15) is 11.6 Å². The van der Waals surface area contributed by atoms with Gasteiger partial charge >= 0.3 is 0 Å². The van der Waals surface area contributed by atoms with E-state index in [1.54, 1.807) is 6.07 Å². The van der Waals surface area contributed by atoms with E-state index in [1.165, 1.54) is 54.6 Å². The second-order valence-electron chi connectivity index (χ2n) is 4.78. The quantitative estimate of drug-likeness (QED) is 0.384. The molecule has 1 amide bonds. The average molecular weight is 338 g/mol. The molecule has 0 radical (unpaired) electrons. The molecule has 124 valence electrons. The van der Waals surface area contributed by atoms with E-state index in [1.807, 2.05) is 0 Å². The highest BCUT2D eigenvalue weighted by atomic mass is 16.6. The first kappa shape index (κ1) is 17.3. The molecule has 0 atom stereocenters. The number of nitriles is 1. The maximum Gasteiger partial charge on any atom is 0.271 e. The van der Waals surface area contributed by atoms with Crippen molar-refractivity contribution in [3.63, 3.8) is 0 Å². The van der Waals surface area contributed by atoms with Gasteiger partial charge < -0.3 is 5.32 Å². The van der Waals surface area contributed by atoms with Crippen LogP contribution in [-0.2, 0) is 4.79 Å². The van der Waals surface area contributed by atoms with Crippen LogP contribution >= 0.6 is 0 Å². The first-order chi connectivity index (χ1) is 11.9. The number of nitrogens with one attached hydrogen (secondary N) is 1. The zero-order valence-electron chi connectivity index (χ0n) is 12.6. The standard InChI is InChI=1S/C16H10N4O5/c17-10-12(8-11-4-6-14(7-5-11)19(22)23)16(21)18-13-2-1-3-15(9-13)20(24)25/h1-9H,(H,18,21). The van der Waals surface area contributed by atoms with Crippen LogP contribution in [0.25, 0.3) is 6.08 Å². The van der Waals surface area contributed by atoms with Crippen LogP contribution in [-0.4, -0.2) is 15.8 Å². The van der Waals surface area contributed by atoms with Crippen LogP contribution in [0.15, 0.2) is 54.1 Å². The van der Waals surface area contributed by atoms with Crippen LogP contribution in [0.3, 0.4) is 0 Å². The SMILES string of the molecule is N#CC(=Cc1ccc([N+](=O)[O-])cc1)C(=O)Nc1cccc([N+](=O)[O-])c1. The minimum atomic E-state index is -0.749. The van der Waals surface area contributed by atoms with Gasteiger partial charge in [0.05, 0.1) is 9.85 Å². The van der Waals surface area contributed by atoms with Gasteiger partial charge in [-0.3, -0.25) is 25.0 Å². The molecule has 1 N–H and O–H groups in total. The molecule has 25 heavy (non-hydrogen) atoms. The summed E-state index contributed by atoms with van der Waals surface area (Å²) >= 11 is 0. The van der Waals surface area contributed by atoms with Gasteiger partial charge in [0.2, 0.25) is 0 Å². The number of carbonyl (C=O) groups excluding carboxylic acids is 1. The average Bonchev–Trinajstić information content (AvgIpc) is 2.60. The van der Waals surface area contributed by atoms with Gasteiger partial charge in [-0.25, -0.2) is 0 Å². The van der Waals surface area contributed by atoms with Gasteiger partial charge in [-0.1, -0.05) is 6.07 Å². The molecule has 0 bridgehead atoms. The summed E-state index contributed by atoms with van der Waals surface area (Å²) in [4.78, 5) is 32.3. The summed E-state index contributed by atoms with van der Waals surface area (Å²) in [7, 11) is 0. The van der Waals surface area contributed by atoms with Crippen molar-refractivity contribution in [2.45, 2.75) is 0 Å². The molecule has 2 aromatic rings. The molecular weight excluding hydrogens is 328 g/mol. The fraction of sp³-hybridized carbons (Fsp3) is 0. The second kappa shape index (κ2) is 7.47. The lowest BCUT2D eigenvalue weighted by atomic mass is 10.1. The van der Waals surface area contributed by atoms with Crippen molar-refractivity contribution in [1.82, 2.24) is 0 Å². The summed E-state index contributed by atoms with van der Waals surface area (Å²) < 4.78 is 0. The molecule has 0 fully saturated rings. The number of benzene rings is 2. The summed E-state index contributed by atoms with van der Waals surface area (Å²) in [6, 6.07) is 12.3. The van der Waals surface area contributed by atoms with Crippen molar-refractivity contribution < 1.29 is 14.6 Å². The van der Waals surface area contributed by atoms with Crippen molar-refractivity contribution in [3.05, 3.63) is 79.9 Å². The Morgan fingerprint density at radius 3 is 2.24 bits per heavy atom. The maximum atomic E-state index is 12.1. The number of non-ortho nitro benzene ring substituents is 2. The first-order valence-electron chi connectivity index (χ1n) is 6.83. The number of hydrogen-bond acceptors (Lipinski definition) is 6. The second-order valence-corrected chi connectivity index (χ2v) is 4.78. The molecule has 0 saturated carbocycles. The molecular formula is C16H10N4O5. The molecule has 2 rings (SSSR count). The third-order valence-electron chi connectivity index (χ3n) is 3.09. The Bertz CT molecular complexity index is 913. The van der Waals surface area contributed by atoms with E-state index in [9.17, 15) is 25.0 Å². The fourth-order valence-electron chi connectivity index (χ4n) is 1.90. The summed E-state index contributed by atoms with van der Waals surface area (Å²) in [6.07, 6.45) is 1.26. The smallest absolute Gasteiger partial charge is 0.271 e.